The second-order valence-corrected chi connectivity index (χ2v) is 4.86. The quantitative estimate of drug-likeness (QED) is 0.887. The zero-order chi connectivity index (χ0) is 15.6. The van der Waals surface area contributed by atoms with Crippen molar-refractivity contribution in [3.8, 4) is 0 Å². The fourth-order valence-corrected chi connectivity index (χ4v) is 1.98. The van der Waals surface area contributed by atoms with Crippen molar-refractivity contribution >= 4 is 23.2 Å². The Morgan fingerprint density at radius 3 is 2.76 bits per heavy atom. The highest BCUT2D eigenvalue weighted by atomic mass is 35.5. The number of nitrogens with zero attached hydrogens (tertiary/aromatic N) is 2. The minimum absolute atomic E-state index is 0.0145. The highest BCUT2D eigenvalue weighted by molar-refractivity contribution is 6.32. The summed E-state index contributed by atoms with van der Waals surface area (Å²) in [7, 11) is 1.48. The molecule has 1 aromatic heterocycles. The Morgan fingerprint density at radius 1 is 1.38 bits per heavy atom. The van der Waals surface area contributed by atoms with Crippen LogP contribution in [0.3, 0.4) is 0 Å². The lowest BCUT2D eigenvalue weighted by Crippen LogP contribution is -2.27. The molecule has 1 heterocycles. The highest BCUT2D eigenvalue weighted by Gasteiger charge is 2.18. The van der Waals surface area contributed by atoms with E-state index in [1.807, 2.05) is 0 Å². The normalized spacial score (nSPS) is 10.5. The van der Waals surface area contributed by atoms with Crippen LogP contribution >= 0.6 is 11.6 Å². The van der Waals surface area contributed by atoms with Gasteiger partial charge in [-0.2, -0.15) is 0 Å². The summed E-state index contributed by atoms with van der Waals surface area (Å²) in [5, 5.41) is 0.0145. The molecule has 0 unspecified atom stereocenters. The number of amides is 1. The van der Waals surface area contributed by atoms with E-state index in [0.29, 0.717) is 5.69 Å². The summed E-state index contributed by atoms with van der Waals surface area (Å²) in [4.78, 5) is 17.3. The zero-order valence-corrected chi connectivity index (χ0v) is 11.9. The van der Waals surface area contributed by atoms with Gasteiger partial charge in [0.1, 0.15) is 16.8 Å². The van der Waals surface area contributed by atoms with Crippen molar-refractivity contribution in [2.75, 3.05) is 12.8 Å². The number of carbonyl (C=O) groups excluding carboxylic acids is 1. The number of carbonyl (C=O) groups is 1. The van der Waals surface area contributed by atoms with E-state index in [0.717, 1.165) is 12.1 Å². The van der Waals surface area contributed by atoms with Crippen LogP contribution in [0.25, 0.3) is 0 Å². The van der Waals surface area contributed by atoms with E-state index in [4.69, 9.17) is 17.3 Å². The number of aromatic nitrogens is 1. The van der Waals surface area contributed by atoms with Crippen molar-refractivity contribution in [3.63, 3.8) is 0 Å². The molecule has 110 valence electrons. The van der Waals surface area contributed by atoms with Crippen molar-refractivity contribution in [1.29, 1.82) is 0 Å². The molecular weight excluding hydrogens is 300 g/mol. The van der Waals surface area contributed by atoms with Crippen LogP contribution in [0.15, 0.2) is 30.5 Å². The lowest BCUT2D eigenvalue weighted by atomic mass is 10.1. The van der Waals surface area contributed by atoms with E-state index in [-0.39, 0.29) is 22.8 Å². The molecule has 0 radical (unpaired) electrons. The van der Waals surface area contributed by atoms with E-state index in [9.17, 15) is 13.6 Å². The molecule has 0 saturated carbocycles. The minimum Gasteiger partial charge on any atom is -0.397 e. The third-order valence-corrected chi connectivity index (χ3v) is 3.16. The standard InChI is InChI=1S/C14H12ClF2N3O/c1-20(7-8-2-3-9(16)4-12(8)17)14(21)11-5-10(18)6-19-13(11)15/h2-6H,7,18H2,1H3. The zero-order valence-electron chi connectivity index (χ0n) is 11.1. The first-order valence-electron chi connectivity index (χ1n) is 5.99. The molecule has 2 rings (SSSR count). The predicted molar refractivity (Wildman–Crippen MR) is 75.8 cm³/mol. The van der Waals surface area contributed by atoms with Crippen LogP contribution in [0.5, 0.6) is 0 Å². The lowest BCUT2D eigenvalue weighted by Gasteiger charge is -2.18. The van der Waals surface area contributed by atoms with Crippen LogP contribution < -0.4 is 5.73 Å². The van der Waals surface area contributed by atoms with Gasteiger partial charge in [-0.05, 0) is 12.1 Å². The summed E-state index contributed by atoms with van der Waals surface area (Å²) >= 11 is 5.85. The summed E-state index contributed by atoms with van der Waals surface area (Å²) in [6.07, 6.45) is 1.33. The smallest absolute Gasteiger partial charge is 0.257 e. The molecule has 0 saturated heterocycles. The summed E-state index contributed by atoms with van der Waals surface area (Å²) < 4.78 is 26.4. The largest absolute Gasteiger partial charge is 0.397 e. The van der Waals surface area contributed by atoms with Crippen LogP contribution in [0, 0.1) is 11.6 Å². The first kappa shape index (κ1) is 15.2. The number of nitrogen functional groups attached to an aromatic ring is 1. The van der Waals surface area contributed by atoms with Gasteiger partial charge in [0.25, 0.3) is 5.91 Å². The summed E-state index contributed by atoms with van der Waals surface area (Å²) in [5.41, 5.74) is 6.18. The monoisotopic (exact) mass is 311 g/mol. The highest BCUT2D eigenvalue weighted by Crippen LogP contribution is 2.19. The molecule has 2 aromatic rings. The van der Waals surface area contributed by atoms with Crippen molar-refractivity contribution in [3.05, 3.63) is 58.4 Å². The molecule has 0 aliphatic carbocycles. The lowest BCUT2D eigenvalue weighted by molar-refractivity contribution is 0.0783. The van der Waals surface area contributed by atoms with E-state index in [2.05, 4.69) is 4.98 Å². The van der Waals surface area contributed by atoms with Crippen molar-refractivity contribution in [2.24, 2.45) is 0 Å². The van der Waals surface area contributed by atoms with Crippen LogP contribution in [0.2, 0.25) is 5.15 Å². The van der Waals surface area contributed by atoms with E-state index < -0.39 is 17.5 Å². The van der Waals surface area contributed by atoms with Crippen molar-refractivity contribution in [1.82, 2.24) is 9.88 Å². The summed E-state index contributed by atoms with van der Waals surface area (Å²) in [5.74, 6) is -1.84. The van der Waals surface area contributed by atoms with Gasteiger partial charge < -0.3 is 10.6 Å². The van der Waals surface area contributed by atoms with Gasteiger partial charge in [-0.1, -0.05) is 17.7 Å². The second-order valence-electron chi connectivity index (χ2n) is 4.50. The van der Waals surface area contributed by atoms with Gasteiger partial charge in [-0.3, -0.25) is 4.79 Å². The fraction of sp³-hybridized carbons (Fsp3) is 0.143. The Hall–Kier alpha value is -2.21. The molecule has 0 bridgehead atoms. The molecule has 21 heavy (non-hydrogen) atoms. The molecule has 4 nitrogen and oxygen atoms in total. The van der Waals surface area contributed by atoms with E-state index in [1.54, 1.807) is 0 Å². The number of halogens is 3. The maximum Gasteiger partial charge on any atom is 0.257 e. The number of rotatable bonds is 3. The van der Waals surface area contributed by atoms with Gasteiger partial charge in [0, 0.05) is 25.2 Å². The Morgan fingerprint density at radius 2 is 2.10 bits per heavy atom. The Labute approximate surface area is 125 Å². The number of hydrogen-bond donors (Lipinski definition) is 1. The second kappa shape index (κ2) is 6.05. The topological polar surface area (TPSA) is 59.2 Å². The van der Waals surface area contributed by atoms with E-state index >= 15 is 0 Å². The molecule has 0 aliphatic heterocycles. The fourth-order valence-electron chi connectivity index (χ4n) is 1.80. The van der Waals surface area contributed by atoms with Crippen LogP contribution in [0.4, 0.5) is 14.5 Å². The molecule has 1 aromatic carbocycles. The maximum atomic E-state index is 13.6. The molecule has 0 spiro atoms. The Bertz CT molecular complexity index is 694. The van der Waals surface area contributed by atoms with Gasteiger partial charge in [0.2, 0.25) is 0 Å². The van der Waals surface area contributed by atoms with Crippen molar-refractivity contribution in [2.45, 2.75) is 6.54 Å². The van der Waals surface area contributed by atoms with Crippen LogP contribution in [-0.4, -0.2) is 22.8 Å². The average molecular weight is 312 g/mol. The van der Waals surface area contributed by atoms with Gasteiger partial charge in [0.15, 0.2) is 0 Å². The minimum atomic E-state index is -0.716. The molecule has 0 fully saturated rings. The number of anilines is 1. The SMILES string of the molecule is CN(Cc1ccc(F)cc1F)C(=O)c1cc(N)cnc1Cl. The molecular formula is C14H12ClF2N3O. The van der Waals surface area contributed by atoms with Crippen LogP contribution in [-0.2, 0) is 6.54 Å². The molecule has 2 N–H and O–H groups in total. The van der Waals surface area contributed by atoms with Gasteiger partial charge in [-0.25, -0.2) is 13.8 Å². The predicted octanol–water partition coefficient (Wildman–Crippen LogP) is 2.87. The van der Waals surface area contributed by atoms with Crippen molar-refractivity contribution < 1.29 is 13.6 Å². The van der Waals surface area contributed by atoms with Gasteiger partial charge in [-0.15, -0.1) is 0 Å². The van der Waals surface area contributed by atoms with Gasteiger partial charge in [0.05, 0.1) is 17.4 Å². The third-order valence-electron chi connectivity index (χ3n) is 2.86. The van der Waals surface area contributed by atoms with Crippen LogP contribution in [0.1, 0.15) is 15.9 Å². The molecule has 1 amide bonds. The Kier molecular flexibility index (Phi) is 4.37. The number of nitrogens with two attached hydrogens (primary N) is 1. The summed E-state index contributed by atoms with van der Waals surface area (Å²) in [6, 6.07) is 4.58. The Balaban J connectivity index is 2.21. The molecule has 0 aliphatic rings. The van der Waals surface area contributed by atoms with E-state index in [1.165, 1.54) is 30.3 Å². The molecule has 0 atom stereocenters. The first-order chi connectivity index (χ1) is 9.88. The third kappa shape index (κ3) is 3.46. The number of benzene rings is 1. The number of pyridine rings is 1. The first-order valence-corrected chi connectivity index (χ1v) is 6.36. The number of hydrogen-bond acceptors (Lipinski definition) is 3. The molecule has 7 heteroatoms. The average Bonchev–Trinajstić information content (AvgIpc) is 2.43. The summed E-state index contributed by atoms with van der Waals surface area (Å²) in [6.45, 7) is -0.0317. The maximum absolute atomic E-state index is 13.6. The van der Waals surface area contributed by atoms with Gasteiger partial charge >= 0.3 is 0 Å².